The lowest BCUT2D eigenvalue weighted by Crippen LogP contribution is -2.49. The molecule has 4 aliphatic rings. The highest BCUT2D eigenvalue weighted by Gasteiger charge is 2.58. The fourth-order valence-corrected chi connectivity index (χ4v) is 6.64. The Morgan fingerprint density at radius 1 is 1.14 bits per heavy atom. The third kappa shape index (κ3) is 2.91. The van der Waals surface area contributed by atoms with Crippen LogP contribution in [0, 0.1) is 17.3 Å². The third-order valence-corrected chi connectivity index (χ3v) is 8.07. The molecular weight excluding hydrogens is 352 g/mol. The van der Waals surface area contributed by atoms with Gasteiger partial charge in [0.25, 0.3) is 0 Å². The van der Waals surface area contributed by atoms with Crippen LogP contribution in [0.3, 0.4) is 0 Å². The van der Waals surface area contributed by atoms with Crippen molar-refractivity contribution < 1.29 is 19.0 Å². The first-order valence-corrected chi connectivity index (χ1v) is 11.1. The van der Waals surface area contributed by atoms with E-state index in [9.17, 15) is 4.79 Å². The van der Waals surface area contributed by atoms with Gasteiger partial charge in [-0.3, -0.25) is 4.79 Å². The fourth-order valence-electron chi connectivity index (χ4n) is 6.64. The van der Waals surface area contributed by atoms with Crippen LogP contribution in [-0.4, -0.2) is 31.9 Å². The summed E-state index contributed by atoms with van der Waals surface area (Å²) < 4.78 is 17.8. The first kappa shape index (κ1) is 18.6. The molecule has 0 amide bonds. The number of methoxy groups -OCH3 is 1. The zero-order chi connectivity index (χ0) is 19.3. The van der Waals surface area contributed by atoms with Crippen molar-refractivity contribution in [3.63, 3.8) is 0 Å². The molecule has 4 nitrogen and oxygen atoms in total. The molecule has 0 bridgehead atoms. The number of hydrogen-bond acceptors (Lipinski definition) is 4. The summed E-state index contributed by atoms with van der Waals surface area (Å²) in [6, 6.07) is 6.60. The average Bonchev–Trinajstić information content (AvgIpc) is 3.02. The lowest BCUT2D eigenvalue weighted by Gasteiger charge is -2.51. The molecule has 1 heterocycles. The van der Waals surface area contributed by atoms with E-state index in [0.29, 0.717) is 23.5 Å². The SMILES string of the molecule is CO[C@H]1C[C@]2(C)C(=O)CC[C@H]2[C@@H]2CCc3cc(OC4CCCCO4)ccc3[C@H]21. The molecule has 5 rings (SSSR count). The summed E-state index contributed by atoms with van der Waals surface area (Å²) >= 11 is 0. The maximum Gasteiger partial charge on any atom is 0.199 e. The van der Waals surface area contributed by atoms with Crippen LogP contribution in [0.5, 0.6) is 5.75 Å². The molecule has 4 heteroatoms. The maximum atomic E-state index is 12.7. The zero-order valence-corrected chi connectivity index (χ0v) is 17.1. The van der Waals surface area contributed by atoms with Crippen LogP contribution >= 0.6 is 0 Å². The molecule has 28 heavy (non-hydrogen) atoms. The number of carbonyl (C=O) groups excluding carboxylic acids is 1. The van der Waals surface area contributed by atoms with Crippen LogP contribution in [-0.2, 0) is 20.7 Å². The predicted octanol–water partition coefficient (Wildman–Crippen LogP) is 4.64. The van der Waals surface area contributed by atoms with E-state index in [1.165, 1.54) is 17.5 Å². The van der Waals surface area contributed by atoms with Crippen LogP contribution < -0.4 is 4.74 Å². The Kier molecular flexibility index (Phi) is 4.75. The van der Waals surface area contributed by atoms with E-state index in [1.807, 2.05) is 7.11 Å². The van der Waals surface area contributed by atoms with Crippen molar-refractivity contribution in [2.45, 2.75) is 76.6 Å². The molecule has 3 fully saturated rings. The Bertz CT molecular complexity index is 753. The van der Waals surface area contributed by atoms with Gasteiger partial charge in [-0.15, -0.1) is 0 Å². The van der Waals surface area contributed by atoms with E-state index in [1.54, 1.807) is 0 Å². The number of aryl methyl sites for hydroxylation is 1. The molecule has 1 saturated heterocycles. The molecule has 3 aliphatic carbocycles. The first-order valence-electron chi connectivity index (χ1n) is 11.1. The van der Waals surface area contributed by atoms with Gasteiger partial charge in [-0.05, 0) is 73.6 Å². The number of ketones is 1. The second-order valence-electron chi connectivity index (χ2n) is 9.47. The fraction of sp³-hybridized carbons (Fsp3) is 0.708. The van der Waals surface area contributed by atoms with Gasteiger partial charge in [0, 0.05) is 31.3 Å². The molecule has 0 spiro atoms. The molecule has 0 radical (unpaired) electrons. The molecular formula is C24H32O4. The van der Waals surface area contributed by atoms with Crippen LogP contribution in [0.4, 0.5) is 0 Å². The molecule has 0 N–H and O–H groups in total. The van der Waals surface area contributed by atoms with E-state index < -0.39 is 0 Å². The van der Waals surface area contributed by atoms with Crippen molar-refractivity contribution in [2.24, 2.45) is 17.3 Å². The van der Waals surface area contributed by atoms with Crippen LogP contribution in [0.25, 0.3) is 0 Å². The highest BCUT2D eigenvalue weighted by atomic mass is 16.7. The highest BCUT2D eigenvalue weighted by Crippen LogP contribution is 2.60. The van der Waals surface area contributed by atoms with Crippen molar-refractivity contribution in [2.75, 3.05) is 13.7 Å². The third-order valence-electron chi connectivity index (χ3n) is 8.07. The summed E-state index contributed by atoms with van der Waals surface area (Å²) in [7, 11) is 1.82. The number of fused-ring (bicyclic) bond motifs is 5. The first-order chi connectivity index (χ1) is 13.6. The number of ether oxygens (including phenoxy) is 3. The average molecular weight is 385 g/mol. The molecule has 1 unspecified atom stereocenters. The van der Waals surface area contributed by atoms with Crippen LogP contribution in [0.15, 0.2) is 18.2 Å². The summed E-state index contributed by atoms with van der Waals surface area (Å²) in [5.74, 6) is 2.85. The van der Waals surface area contributed by atoms with Crippen molar-refractivity contribution in [1.29, 1.82) is 0 Å². The Morgan fingerprint density at radius 2 is 2.04 bits per heavy atom. The van der Waals surface area contributed by atoms with Gasteiger partial charge < -0.3 is 14.2 Å². The maximum absolute atomic E-state index is 12.7. The highest BCUT2D eigenvalue weighted by molar-refractivity contribution is 5.87. The van der Waals surface area contributed by atoms with Gasteiger partial charge in [0.1, 0.15) is 11.5 Å². The molecule has 6 atom stereocenters. The molecule has 152 valence electrons. The predicted molar refractivity (Wildman–Crippen MR) is 106 cm³/mol. The van der Waals surface area contributed by atoms with Crippen molar-refractivity contribution in [1.82, 2.24) is 0 Å². The monoisotopic (exact) mass is 384 g/mol. The summed E-state index contributed by atoms with van der Waals surface area (Å²) in [6.45, 7) is 3.00. The normalized spacial score (nSPS) is 39.8. The molecule has 1 aromatic rings. The number of hydrogen-bond donors (Lipinski definition) is 0. The van der Waals surface area contributed by atoms with Gasteiger partial charge in [-0.1, -0.05) is 13.0 Å². The smallest absolute Gasteiger partial charge is 0.199 e. The Hall–Kier alpha value is -1.39. The largest absolute Gasteiger partial charge is 0.465 e. The van der Waals surface area contributed by atoms with Gasteiger partial charge in [0.2, 0.25) is 0 Å². The van der Waals surface area contributed by atoms with E-state index in [4.69, 9.17) is 14.2 Å². The summed E-state index contributed by atoms with van der Waals surface area (Å²) in [5.41, 5.74) is 2.63. The number of Topliss-reactive ketones (excluding diaryl/α,β-unsaturated/α-hetero) is 1. The second kappa shape index (κ2) is 7.14. The standard InChI is InChI=1S/C24H32O4/c1-24-14-20(26-2)23-17-9-7-16(28-22-5-3-4-12-27-22)13-15(17)6-8-18(23)19(24)10-11-21(24)25/h7,9,13,18-20,22-23H,3-6,8,10-12,14H2,1-2H3/t18-,19-,20-,22?,23+,24-/m0/s1. The summed E-state index contributed by atoms with van der Waals surface area (Å²) in [4.78, 5) is 12.7. The molecule has 1 aromatic carbocycles. The lowest BCUT2D eigenvalue weighted by atomic mass is 9.54. The van der Waals surface area contributed by atoms with E-state index in [0.717, 1.165) is 57.3 Å². The minimum atomic E-state index is -0.180. The summed E-state index contributed by atoms with van der Waals surface area (Å²) in [6.07, 6.45) is 8.19. The minimum absolute atomic E-state index is 0.102. The second-order valence-corrected chi connectivity index (χ2v) is 9.47. The Balaban J connectivity index is 1.42. The van der Waals surface area contributed by atoms with Crippen LogP contribution in [0.2, 0.25) is 0 Å². The minimum Gasteiger partial charge on any atom is -0.465 e. The van der Waals surface area contributed by atoms with Gasteiger partial charge in [-0.2, -0.15) is 0 Å². The quantitative estimate of drug-likeness (QED) is 0.761. The molecule has 1 aliphatic heterocycles. The molecule has 0 aromatic heterocycles. The van der Waals surface area contributed by atoms with E-state index >= 15 is 0 Å². The number of benzene rings is 1. The number of carbonyl (C=O) groups is 1. The van der Waals surface area contributed by atoms with Crippen molar-refractivity contribution in [3.05, 3.63) is 29.3 Å². The van der Waals surface area contributed by atoms with E-state index in [2.05, 4.69) is 25.1 Å². The van der Waals surface area contributed by atoms with Gasteiger partial charge >= 0.3 is 0 Å². The summed E-state index contributed by atoms with van der Waals surface area (Å²) in [5, 5.41) is 0. The van der Waals surface area contributed by atoms with Gasteiger partial charge in [0.05, 0.1) is 12.7 Å². The Labute approximate surface area is 167 Å². The number of rotatable bonds is 3. The lowest BCUT2D eigenvalue weighted by molar-refractivity contribution is -0.135. The zero-order valence-electron chi connectivity index (χ0n) is 17.1. The van der Waals surface area contributed by atoms with Crippen molar-refractivity contribution in [3.8, 4) is 5.75 Å². The van der Waals surface area contributed by atoms with Gasteiger partial charge in [0.15, 0.2) is 6.29 Å². The van der Waals surface area contributed by atoms with Gasteiger partial charge in [-0.25, -0.2) is 0 Å². The van der Waals surface area contributed by atoms with Crippen molar-refractivity contribution >= 4 is 5.78 Å². The Morgan fingerprint density at radius 3 is 2.82 bits per heavy atom. The topological polar surface area (TPSA) is 44.8 Å². The van der Waals surface area contributed by atoms with Crippen LogP contribution in [0.1, 0.15) is 68.9 Å². The van der Waals surface area contributed by atoms with E-state index in [-0.39, 0.29) is 17.8 Å². The molecule has 2 saturated carbocycles.